The fourth-order valence-corrected chi connectivity index (χ4v) is 3.32. The van der Waals surface area contributed by atoms with E-state index in [0.29, 0.717) is 19.6 Å². The van der Waals surface area contributed by atoms with Crippen LogP contribution in [0.1, 0.15) is 35.9 Å². The molecule has 1 fully saturated rings. The SMILES string of the molecule is CCCCN(Cc1ccc(C)s1)C(=O)CN1C(=O)CCNC1=O. The van der Waals surface area contributed by atoms with E-state index in [4.69, 9.17) is 0 Å². The molecule has 0 unspecified atom stereocenters. The van der Waals surface area contributed by atoms with Gasteiger partial charge in [0.2, 0.25) is 11.8 Å². The summed E-state index contributed by atoms with van der Waals surface area (Å²) >= 11 is 1.66. The number of urea groups is 1. The first kappa shape index (κ1) is 17.5. The molecule has 2 heterocycles. The Morgan fingerprint density at radius 3 is 2.78 bits per heavy atom. The van der Waals surface area contributed by atoms with Crippen LogP contribution in [0.4, 0.5) is 4.79 Å². The number of amides is 4. The number of nitrogens with one attached hydrogen (secondary N) is 1. The van der Waals surface area contributed by atoms with Gasteiger partial charge in [0, 0.05) is 29.3 Å². The zero-order chi connectivity index (χ0) is 16.8. The fourth-order valence-electron chi connectivity index (χ4n) is 2.41. The van der Waals surface area contributed by atoms with Gasteiger partial charge in [-0.25, -0.2) is 4.79 Å². The van der Waals surface area contributed by atoms with Crippen molar-refractivity contribution in [2.45, 2.75) is 39.7 Å². The van der Waals surface area contributed by atoms with E-state index in [1.807, 2.05) is 19.1 Å². The van der Waals surface area contributed by atoms with Crippen LogP contribution in [0.5, 0.6) is 0 Å². The molecule has 1 aromatic heterocycles. The molecule has 0 saturated carbocycles. The van der Waals surface area contributed by atoms with Gasteiger partial charge in [0.25, 0.3) is 0 Å². The van der Waals surface area contributed by atoms with Crippen LogP contribution in [0.15, 0.2) is 12.1 Å². The molecule has 2 rings (SSSR count). The van der Waals surface area contributed by atoms with Crippen LogP contribution in [0.2, 0.25) is 0 Å². The number of carbonyl (C=O) groups excluding carboxylic acids is 3. The van der Waals surface area contributed by atoms with Gasteiger partial charge in [-0.15, -0.1) is 11.3 Å². The van der Waals surface area contributed by atoms with E-state index in [1.165, 1.54) is 4.88 Å². The highest BCUT2D eigenvalue weighted by molar-refractivity contribution is 7.11. The third-order valence-corrected chi connectivity index (χ3v) is 4.72. The Labute approximate surface area is 140 Å². The average molecular weight is 337 g/mol. The maximum atomic E-state index is 12.6. The van der Waals surface area contributed by atoms with Crippen molar-refractivity contribution < 1.29 is 14.4 Å². The first-order chi connectivity index (χ1) is 11.0. The van der Waals surface area contributed by atoms with Crippen molar-refractivity contribution in [2.24, 2.45) is 0 Å². The number of nitrogens with zero attached hydrogens (tertiary/aromatic N) is 2. The van der Waals surface area contributed by atoms with E-state index in [2.05, 4.69) is 12.2 Å². The molecular formula is C16H23N3O3S. The van der Waals surface area contributed by atoms with Crippen molar-refractivity contribution in [1.82, 2.24) is 15.1 Å². The smallest absolute Gasteiger partial charge is 0.324 e. The minimum absolute atomic E-state index is 0.182. The number of hydrogen-bond acceptors (Lipinski definition) is 4. The number of thiophene rings is 1. The van der Waals surface area contributed by atoms with Gasteiger partial charge in [0.1, 0.15) is 6.54 Å². The number of rotatable bonds is 7. The summed E-state index contributed by atoms with van der Waals surface area (Å²) < 4.78 is 0. The van der Waals surface area contributed by atoms with Gasteiger partial charge in [-0.05, 0) is 25.5 Å². The summed E-state index contributed by atoms with van der Waals surface area (Å²) in [7, 11) is 0. The number of aryl methyl sites for hydroxylation is 1. The van der Waals surface area contributed by atoms with Crippen molar-refractivity contribution >= 4 is 29.2 Å². The Morgan fingerprint density at radius 2 is 2.17 bits per heavy atom. The van der Waals surface area contributed by atoms with Crippen LogP contribution in [-0.2, 0) is 16.1 Å². The monoisotopic (exact) mass is 337 g/mol. The van der Waals surface area contributed by atoms with Crippen LogP contribution >= 0.6 is 11.3 Å². The third-order valence-electron chi connectivity index (χ3n) is 3.73. The lowest BCUT2D eigenvalue weighted by atomic mass is 10.2. The molecule has 6 nitrogen and oxygen atoms in total. The number of imide groups is 1. The highest BCUT2D eigenvalue weighted by atomic mass is 32.1. The summed E-state index contributed by atoms with van der Waals surface area (Å²) in [4.78, 5) is 41.2. The van der Waals surface area contributed by atoms with Gasteiger partial charge in [-0.2, -0.15) is 0 Å². The third kappa shape index (κ3) is 4.79. The zero-order valence-electron chi connectivity index (χ0n) is 13.6. The Bertz CT molecular complexity index is 569. The van der Waals surface area contributed by atoms with Crippen LogP contribution in [-0.4, -0.2) is 47.3 Å². The fraction of sp³-hybridized carbons (Fsp3) is 0.562. The van der Waals surface area contributed by atoms with Crippen molar-refractivity contribution in [2.75, 3.05) is 19.6 Å². The first-order valence-electron chi connectivity index (χ1n) is 7.92. The van der Waals surface area contributed by atoms with Crippen LogP contribution in [0.25, 0.3) is 0 Å². The standard InChI is InChI=1S/C16H23N3O3S/c1-3-4-9-18(10-13-6-5-12(2)23-13)15(21)11-19-14(20)7-8-17-16(19)22/h5-6H,3-4,7-11H2,1-2H3,(H,17,22). The summed E-state index contributed by atoms with van der Waals surface area (Å²) in [5.74, 6) is -0.473. The first-order valence-corrected chi connectivity index (χ1v) is 8.74. The Morgan fingerprint density at radius 1 is 1.39 bits per heavy atom. The predicted molar refractivity (Wildman–Crippen MR) is 89.1 cm³/mol. The number of hydrogen-bond donors (Lipinski definition) is 1. The molecule has 0 bridgehead atoms. The minimum Gasteiger partial charge on any atom is -0.337 e. The molecule has 0 spiro atoms. The minimum atomic E-state index is -0.475. The molecule has 1 aromatic rings. The van der Waals surface area contributed by atoms with Crippen LogP contribution in [0, 0.1) is 6.92 Å². The van der Waals surface area contributed by atoms with E-state index in [9.17, 15) is 14.4 Å². The normalized spacial score (nSPS) is 14.8. The topological polar surface area (TPSA) is 69.7 Å². The molecule has 126 valence electrons. The van der Waals surface area contributed by atoms with E-state index >= 15 is 0 Å². The molecule has 0 atom stereocenters. The second-order valence-corrected chi connectivity index (χ2v) is 7.02. The van der Waals surface area contributed by atoms with Gasteiger partial charge >= 0.3 is 6.03 Å². The summed E-state index contributed by atoms with van der Waals surface area (Å²) in [6.45, 7) is 5.43. The van der Waals surface area contributed by atoms with Crippen molar-refractivity contribution in [3.05, 3.63) is 21.9 Å². The molecule has 0 aliphatic carbocycles. The van der Waals surface area contributed by atoms with Crippen LogP contribution in [0.3, 0.4) is 0 Å². The Balaban J connectivity index is 2.03. The lowest BCUT2D eigenvalue weighted by molar-refractivity contribution is -0.139. The molecule has 1 saturated heterocycles. The summed E-state index contributed by atoms with van der Waals surface area (Å²) in [5.41, 5.74) is 0. The molecule has 0 radical (unpaired) electrons. The second kappa shape index (κ2) is 8.10. The van der Waals surface area contributed by atoms with Gasteiger partial charge in [-0.3, -0.25) is 14.5 Å². The quantitative estimate of drug-likeness (QED) is 0.828. The van der Waals surface area contributed by atoms with Crippen molar-refractivity contribution in [1.29, 1.82) is 0 Å². The highest BCUT2D eigenvalue weighted by Gasteiger charge is 2.29. The molecule has 7 heteroatoms. The Kier molecular flexibility index (Phi) is 6.15. The lowest BCUT2D eigenvalue weighted by Crippen LogP contribution is -2.53. The zero-order valence-corrected chi connectivity index (χ0v) is 14.4. The number of unbranched alkanes of at least 4 members (excludes halogenated alkanes) is 1. The molecule has 1 aliphatic heterocycles. The second-order valence-electron chi connectivity index (χ2n) is 5.64. The molecule has 1 N–H and O–H groups in total. The largest absolute Gasteiger partial charge is 0.337 e. The molecule has 1 aliphatic rings. The van der Waals surface area contributed by atoms with E-state index in [0.717, 1.165) is 22.6 Å². The Hall–Kier alpha value is -1.89. The summed E-state index contributed by atoms with van der Waals surface area (Å²) in [6, 6.07) is 3.58. The van der Waals surface area contributed by atoms with Gasteiger partial charge < -0.3 is 10.2 Å². The van der Waals surface area contributed by atoms with E-state index in [-0.39, 0.29) is 24.8 Å². The lowest BCUT2D eigenvalue weighted by Gasteiger charge is -2.28. The predicted octanol–water partition coefficient (Wildman–Crippen LogP) is 2.13. The van der Waals surface area contributed by atoms with Gasteiger partial charge in [0.05, 0.1) is 6.54 Å². The summed E-state index contributed by atoms with van der Waals surface area (Å²) in [6.07, 6.45) is 2.13. The van der Waals surface area contributed by atoms with Gasteiger partial charge in [0.15, 0.2) is 0 Å². The molecule has 0 aromatic carbocycles. The highest BCUT2D eigenvalue weighted by Crippen LogP contribution is 2.18. The van der Waals surface area contributed by atoms with E-state index < -0.39 is 6.03 Å². The average Bonchev–Trinajstić information content (AvgIpc) is 2.92. The van der Waals surface area contributed by atoms with Crippen molar-refractivity contribution in [3.63, 3.8) is 0 Å². The van der Waals surface area contributed by atoms with Crippen molar-refractivity contribution in [3.8, 4) is 0 Å². The maximum absolute atomic E-state index is 12.6. The van der Waals surface area contributed by atoms with E-state index in [1.54, 1.807) is 16.2 Å². The summed E-state index contributed by atoms with van der Waals surface area (Å²) in [5, 5.41) is 2.60. The number of carbonyl (C=O) groups is 3. The maximum Gasteiger partial charge on any atom is 0.324 e. The van der Waals surface area contributed by atoms with Gasteiger partial charge in [-0.1, -0.05) is 13.3 Å². The molecule has 23 heavy (non-hydrogen) atoms. The molecule has 4 amide bonds. The molecular weight excluding hydrogens is 314 g/mol. The van der Waals surface area contributed by atoms with Crippen LogP contribution < -0.4 is 5.32 Å².